The molecule has 0 unspecified atom stereocenters. The third-order valence-electron chi connectivity index (χ3n) is 2.82. The van der Waals surface area contributed by atoms with E-state index in [1.165, 1.54) is 18.2 Å². The molecule has 0 bridgehead atoms. The number of nitrogens with zero attached hydrogens (tertiary/aromatic N) is 1. The summed E-state index contributed by atoms with van der Waals surface area (Å²) in [5, 5.41) is 27.8. The number of thiocarbonyl (C=S) groups is 1. The van der Waals surface area contributed by atoms with E-state index in [2.05, 4.69) is 0 Å². The van der Waals surface area contributed by atoms with Crippen molar-refractivity contribution in [1.29, 1.82) is 0 Å². The molecule has 1 amide bonds. The highest BCUT2D eigenvalue weighted by molar-refractivity contribution is 8.26. The Hall–Kier alpha value is -2.06. The van der Waals surface area contributed by atoms with E-state index in [1.54, 1.807) is 6.92 Å². The van der Waals surface area contributed by atoms with Gasteiger partial charge in [0.2, 0.25) is 0 Å². The molecule has 1 aliphatic rings. The van der Waals surface area contributed by atoms with E-state index in [9.17, 15) is 19.8 Å². The number of carboxylic acid groups (broad SMARTS) is 1. The summed E-state index contributed by atoms with van der Waals surface area (Å²) in [6.45, 7) is 1.15. The average molecular weight is 325 g/mol. The third-order valence-corrected chi connectivity index (χ3v) is 4.37. The molecule has 3 N–H and O–H groups in total. The predicted molar refractivity (Wildman–Crippen MR) is 81.9 cm³/mol. The van der Waals surface area contributed by atoms with Gasteiger partial charge in [-0.25, -0.2) is 0 Å². The molecule has 8 heteroatoms. The first-order valence-electron chi connectivity index (χ1n) is 5.79. The quantitative estimate of drug-likeness (QED) is 0.575. The average Bonchev–Trinajstić information content (AvgIpc) is 2.64. The molecule has 0 aromatic heterocycles. The first-order valence-corrected chi connectivity index (χ1v) is 7.02. The van der Waals surface area contributed by atoms with Gasteiger partial charge in [-0.15, -0.1) is 0 Å². The number of carbonyl (C=O) groups excluding carboxylic acids is 1. The molecule has 1 fully saturated rings. The van der Waals surface area contributed by atoms with Crippen LogP contribution >= 0.6 is 24.0 Å². The van der Waals surface area contributed by atoms with Crippen LogP contribution in [-0.4, -0.2) is 43.0 Å². The zero-order valence-corrected chi connectivity index (χ0v) is 12.5. The Kier molecular flexibility index (Phi) is 4.19. The number of hydrogen-bond acceptors (Lipinski definition) is 6. The maximum atomic E-state index is 12.2. The minimum absolute atomic E-state index is 0.134. The van der Waals surface area contributed by atoms with Crippen molar-refractivity contribution in [3.05, 3.63) is 28.7 Å². The smallest absolute Gasteiger partial charge is 0.323 e. The summed E-state index contributed by atoms with van der Waals surface area (Å²) in [4.78, 5) is 24.2. The SMILES string of the molecule is CC(=C1SC(=S)N(CC(=O)O)C1=O)c1cc(O)cc(O)c1. The number of amides is 1. The van der Waals surface area contributed by atoms with Crippen LogP contribution in [0.5, 0.6) is 11.5 Å². The zero-order valence-electron chi connectivity index (χ0n) is 10.9. The third kappa shape index (κ3) is 3.17. The van der Waals surface area contributed by atoms with Gasteiger partial charge in [-0.3, -0.25) is 14.5 Å². The minimum atomic E-state index is -1.15. The van der Waals surface area contributed by atoms with Gasteiger partial charge >= 0.3 is 5.97 Å². The minimum Gasteiger partial charge on any atom is -0.508 e. The van der Waals surface area contributed by atoms with Crippen LogP contribution in [0.3, 0.4) is 0 Å². The van der Waals surface area contributed by atoms with Crippen LogP contribution in [0.1, 0.15) is 12.5 Å². The lowest BCUT2D eigenvalue weighted by atomic mass is 10.1. The molecule has 0 atom stereocenters. The monoisotopic (exact) mass is 325 g/mol. The van der Waals surface area contributed by atoms with Crippen molar-refractivity contribution in [2.75, 3.05) is 6.54 Å². The number of carboxylic acids is 1. The van der Waals surface area contributed by atoms with Crippen molar-refractivity contribution in [2.45, 2.75) is 6.92 Å². The van der Waals surface area contributed by atoms with E-state index >= 15 is 0 Å². The molecule has 1 saturated heterocycles. The Morgan fingerprint density at radius 3 is 2.38 bits per heavy atom. The molecule has 2 rings (SSSR count). The summed E-state index contributed by atoms with van der Waals surface area (Å²) >= 11 is 6.00. The van der Waals surface area contributed by atoms with Crippen LogP contribution in [0, 0.1) is 0 Å². The number of aromatic hydroxyl groups is 2. The number of allylic oxidation sites excluding steroid dienone is 1. The number of rotatable bonds is 3. The molecular weight excluding hydrogens is 314 g/mol. The normalized spacial score (nSPS) is 17.3. The van der Waals surface area contributed by atoms with Gasteiger partial charge in [0.1, 0.15) is 22.4 Å². The van der Waals surface area contributed by atoms with Crippen molar-refractivity contribution in [2.24, 2.45) is 0 Å². The number of phenolic OH excluding ortho intramolecular Hbond substituents is 2. The lowest BCUT2D eigenvalue weighted by Crippen LogP contribution is -2.33. The molecule has 0 aliphatic carbocycles. The highest BCUT2D eigenvalue weighted by Gasteiger charge is 2.34. The van der Waals surface area contributed by atoms with Gasteiger partial charge in [-0.1, -0.05) is 24.0 Å². The summed E-state index contributed by atoms with van der Waals surface area (Å²) in [6.07, 6.45) is 0. The second kappa shape index (κ2) is 5.74. The molecular formula is C13H11NO5S2. The lowest BCUT2D eigenvalue weighted by Gasteiger charge is -2.11. The molecule has 0 spiro atoms. The van der Waals surface area contributed by atoms with Gasteiger partial charge in [0.05, 0.1) is 4.91 Å². The van der Waals surface area contributed by atoms with Gasteiger partial charge < -0.3 is 15.3 Å². The highest BCUT2D eigenvalue weighted by Crippen LogP contribution is 2.37. The van der Waals surface area contributed by atoms with Crippen molar-refractivity contribution in [3.63, 3.8) is 0 Å². The molecule has 21 heavy (non-hydrogen) atoms. The summed E-state index contributed by atoms with van der Waals surface area (Å²) in [7, 11) is 0. The predicted octanol–water partition coefficient (Wildman–Crippen LogP) is 1.77. The molecule has 1 aliphatic heterocycles. The topological polar surface area (TPSA) is 98.1 Å². The number of phenols is 2. The fourth-order valence-corrected chi connectivity index (χ4v) is 3.14. The molecule has 0 saturated carbocycles. The van der Waals surface area contributed by atoms with Crippen molar-refractivity contribution in [3.8, 4) is 11.5 Å². The number of carbonyl (C=O) groups is 2. The van der Waals surface area contributed by atoms with Crippen LogP contribution in [0.4, 0.5) is 0 Å². The second-order valence-corrected chi connectivity index (χ2v) is 5.99. The van der Waals surface area contributed by atoms with Crippen LogP contribution in [-0.2, 0) is 9.59 Å². The van der Waals surface area contributed by atoms with Crippen LogP contribution < -0.4 is 0 Å². The lowest BCUT2D eigenvalue weighted by molar-refractivity contribution is -0.140. The van der Waals surface area contributed by atoms with E-state index in [1.807, 2.05) is 0 Å². The van der Waals surface area contributed by atoms with E-state index in [-0.39, 0.29) is 20.7 Å². The van der Waals surface area contributed by atoms with Crippen LogP contribution in [0.15, 0.2) is 23.1 Å². The van der Waals surface area contributed by atoms with Gasteiger partial charge in [0.15, 0.2) is 0 Å². The Morgan fingerprint density at radius 1 is 1.29 bits per heavy atom. The largest absolute Gasteiger partial charge is 0.508 e. The number of benzene rings is 1. The highest BCUT2D eigenvalue weighted by atomic mass is 32.2. The number of hydrogen-bond donors (Lipinski definition) is 3. The maximum Gasteiger partial charge on any atom is 0.323 e. The maximum absolute atomic E-state index is 12.2. The fourth-order valence-electron chi connectivity index (χ4n) is 1.84. The summed E-state index contributed by atoms with van der Waals surface area (Å²) in [6, 6.07) is 3.98. The molecule has 1 aromatic carbocycles. The summed E-state index contributed by atoms with van der Waals surface area (Å²) in [5.41, 5.74) is 0.967. The van der Waals surface area contributed by atoms with Gasteiger partial charge in [-0.2, -0.15) is 0 Å². The van der Waals surface area contributed by atoms with Gasteiger partial charge in [0.25, 0.3) is 5.91 Å². The van der Waals surface area contributed by atoms with Crippen LogP contribution in [0.25, 0.3) is 5.57 Å². The van der Waals surface area contributed by atoms with Crippen LogP contribution in [0.2, 0.25) is 0 Å². The Morgan fingerprint density at radius 2 is 1.86 bits per heavy atom. The Balaban J connectivity index is 2.42. The zero-order chi connectivity index (χ0) is 15.7. The fraction of sp³-hybridized carbons (Fsp3) is 0.154. The molecule has 0 radical (unpaired) electrons. The van der Waals surface area contributed by atoms with Crippen molar-refractivity contribution >= 4 is 45.7 Å². The van der Waals surface area contributed by atoms with Gasteiger partial charge in [-0.05, 0) is 30.2 Å². The van der Waals surface area contributed by atoms with Gasteiger partial charge in [0, 0.05) is 6.07 Å². The van der Waals surface area contributed by atoms with E-state index in [0.717, 1.165) is 16.7 Å². The van der Waals surface area contributed by atoms with Crippen molar-refractivity contribution < 1.29 is 24.9 Å². The second-order valence-electron chi connectivity index (χ2n) is 4.35. The number of aliphatic carboxylic acids is 1. The Bertz CT molecular complexity index is 663. The number of thioether (sulfide) groups is 1. The van der Waals surface area contributed by atoms with E-state index in [4.69, 9.17) is 17.3 Å². The molecule has 1 aromatic rings. The molecule has 110 valence electrons. The summed E-state index contributed by atoms with van der Waals surface area (Å²) in [5.74, 6) is -1.91. The molecule has 1 heterocycles. The standard InChI is InChI=1S/C13H11NO5S2/c1-6(7-2-8(15)4-9(16)3-7)11-12(19)14(5-10(17)18)13(20)21-11/h2-4,15-16H,5H2,1H3,(H,17,18). The molecule has 6 nitrogen and oxygen atoms in total. The Labute approximate surface area is 129 Å². The van der Waals surface area contributed by atoms with E-state index in [0.29, 0.717) is 11.1 Å². The van der Waals surface area contributed by atoms with Crippen molar-refractivity contribution in [1.82, 2.24) is 4.90 Å². The first kappa shape index (κ1) is 15.3. The summed E-state index contributed by atoms with van der Waals surface area (Å²) < 4.78 is 0.168. The first-order chi connectivity index (χ1) is 9.79. The van der Waals surface area contributed by atoms with E-state index < -0.39 is 18.4 Å².